The van der Waals surface area contributed by atoms with Gasteiger partial charge in [0.05, 0.1) is 12.1 Å². The Labute approximate surface area is 113 Å². The largest absolute Gasteiger partial charge is 0.348 e. The van der Waals surface area contributed by atoms with Crippen LogP contribution < -0.4 is 10.6 Å². The number of halogens is 1. The average molecular weight is 267 g/mol. The Bertz CT molecular complexity index is 416. The van der Waals surface area contributed by atoms with Crippen LogP contribution in [0.4, 0.5) is 0 Å². The van der Waals surface area contributed by atoms with Crippen LogP contribution in [0.25, 0.3) is 0 Å². The molecule has 1 aromatic rings. The molecule has 2 N–H and O–H groups in total. The average Bonchev–Trinajstić information content (AvgIpc) is 2.39. The van der Waals surface area contributed by atoms with Crippen LogP contribution in [0.1, 0.15) is 37.8 Å². The molecule has 1 heterocycles. The van der Waals surface area contributed by atoms with Crippen LogP contribution in [0, 0.1) is 0 Å². The minimum atomic E-state index is -0.0413. The van der Waals surface area contributed by atoms with Gasteiger partial charge in [0.2, 0.25) is 5.91 Å². The van der Waals surface area contributed by atoms with E-state index in [4.69, 9.17) is 11.6 Å². The van der Waals surface area contributed by atoms with E-state index in [1.807, 2.05) is 31.2 Å². The maximum absolute atomic E-state index is 12.1. The lowest BCUT2D eigenvalue weighted by Gasteiger charge is -2.24. The summed E-state index contributed by atoms with van der Waals surface area (Å²) < 4.78 is 0. The van der Waals surface area contributed by atoms with Gasteiger partial charge in [0.25, 0.3) is 0 Å². The minimum Gasteiger partial charge on any atom is -0.348 e. The minimum absolute atomic E-state index is 0.0140. The number of piperidine rings is 1. The highest BCUT2D eigenvalue weighted by molar-refractivity contribution is 6.30. The molecule has 0 aliphatic carbocycles. The Morgan fingerprint density at radius 2 is 2.33 bits per heavy atom. The molecule has 4 heteroatoms. The molecule has 0 aromatic heterocycles. The summed E-state index contributed by atoms with van der Waals surface area (Å²) in [5, 5.41) is 6.98. The van der Waals surface area contributed by atoms with Crippen molar-refractivity contribution in [1.82, 2.24) is 10.6 Å². The summed E-state index contributed by atoms with van der Waals surface area (Å²) in [6.45, 7) is 2.91. The first kappa shape index (κ1) is 13.4. The molecule has 0 bridgehead atoms. The first-order chi connectivity index (χ1) is 8.66. The zero-order chi connectivity index (χ0) is 13.0. The molecule has 1 saturated heterocycles. The van der Waals surface area contributed by atoms with Crippen molar-refractivity contribution in [3.05, 3.63) is 34.9 Å². The summed E-state index contributed by atoms with van der Waals surface area (Å²) in [4.78, 5) is 12.1. The molecule has 2 rings (SSSR count). The van der Waals surface area contributed by atoms with Crippen molar-refractivity contribution in [1.29, 1.82) is 0 Å². The number of hydrogen-bond donors (Lipinski definition) is 2. The lowest BCUT2D eigenvalue weighted by molar-refractivity contribution is -0.124. The van der Waals surface area contributed by atoms with Gasteiger partial charge in [-0.15, -0.1) is 0 Å². The van der Waals surface area contributed by atoms with Gasteiger partial charge >= 0.3 is 0 Å². The standard InChI is InChI=1S/C14H19ClN2O/c1-10(11-5-4-6-12(15)9-11)17-14(18)13-7-2-3-8-16-13/h4-6,9-10,13,16H,2-3,7-8H2,1H3,(H,17,18)/t10?,13-/m1/s1. The molecule has 1 amide bonds. The molecule has 0 radical (unpaired) electrons. The molecule has 1 unspecified atom stereocenters. The molecule has 2 atom stereocenters. The monoisotopic (exact) mass is 266 g/mol. The Balaban J connectivity index is 1.94. The Morgan fingerprint density at radius 3 is 3.00 bits per heavy atom. The predicted octanol–water partition coefficient (Wildman–Crippen LogP) is 2.66. The summed E-state index contributed by atoms with van der Waals surface area (Å²) in [5.41, 5.74) is 1.03. The van der Waals surface area contributed by atoms with Gasteiger partial charge in [-0.2, -0.15) is 0 Å². The van der Waals surface area contributed by atoms with Crippen LogP contribution in [-0.4, -0.2) is 18.5 Å². The topological polar surface area (TPSA) is 41.1 Å². The molecule has 0 spiro atoms. The van der Waals surface area contributed by atoms with Crippen molar-refractivity contribution >= 4 is 17.5 Å². The second-order valence-corrected chi connectivity index (χ2v) is 5.22. The highest BCUT2D eigenvalue weighted by Gasteiger charge is 2.21. The zero-order valence-electron chi connectivity index (χ0n) is 10.6. The third-order valence-electron chi connectivity index (χ3n) is 3.33. The predicted molar refractivity (Wildman–Crippen MR) is 73.7 cm³/mol. The normalized spacial score (nSPS) is 21.3. The molecule has 0 saturated carbocycles. The van der Waals surface area contributed by atoms with Gasteiger partial charge < -0.3 is 10.6 Å². The number of carbonyl (C=O) groups excluding carboxylic acids is 1. The quantitative estimate of drug-likeness (QED) is 0.883. The fourth-order valence-electron chi connectivity index (χ4n) is 2.25. The lowest BCUT2D eigenvalue weighted by Crippen LogP contribution is -2.47. The summed E-state index contributed by atoms with van der Waals surface area (Å²) in [6, 6.07) is 7.55. The van der Waals surface area contributed by atoms with E-state index in [0.717, 1.165) is 31.4 Å². The third kappa shape index (κ3) is 3.47. The van der Waals surface area contributed by atoms with Crippen LogP contribution in [-0.2, 0) is 4.79 Å². The number of benzene rings is 1. The van der Waals surface area contributed by atoms with Gasteiger partial charge in [-0.05, 0) is 44.0 Å². The Kier molecular flexibility index (Phi) is 4.61. The number of amides is 1. The highest BCUT2D eigenvalue weighted by atomic mass is 35.5. The molecule has 3 nitrogen and oxygen atoms in total. The highest BCUT2D eigenvalue weighted by Crippen LogP contribution is 2.18. The van der Waals surface area contributed by atoms with E-state index in [1.54, 1.807) is 0 Å². The second-order valence-electron chi connectivity index (χ2n) is 4.79. The van der Waals surface area contributed by atoms with E-state index in [9.17, 15) is 4.79 Å². The van der Waals surface area contributed by atoms with Crippen LogP contribution >= 0.6 is 11.6 Å². The van der Waals surface area contributed by atoms with Gasteiger partial charge in [0.15, 0.2) is 0 Å². The number of hydrogen-bond acceptors (Lipinski definition) is 2. The maximum atomic E-state index is 12.1. The molecule has 1 fully saturated rings. The first-order valence-electron chi connectivity index (χ1n) is 6.46. The van der Waals surface area contributed by atoms with Gasteiger partial charge in [-0.25, -0.2) is 0 Å². The van der Waals surface area contributed by atoms with Crippen LogP contribution in [0.2, 0.25) is 5.02 Å². The van der Waals surface area contributed by atoms with E-state index < -0.39 is 0 Å². The first-order valence-corrected chi connectivity index (χ1v) is 6.84. The zero-order valence-corrected chi connectivity index (χ0v) is 11.3. The van der Waals surface area contributed by atoms with E-state index in [0.29, 0.717) is 5.02 Å². The summed E-state index contributed by atoms with van der Waals surface area (Å²) >= 11 is 5.95. The summed E-state index contributed by atoms with van der Waals surface area (Å²) in [5.74, 6) is 0.0853. The van der Waals surface area contributed by atoms with Gasteiger partial charge in [-0.1, -0.05) is 30.2 Å². The molecular formula is C14H19ClN2O. The van der Waals surface area contributed by atoms with Gasteiger partial charge in [-0.3, -0.25) is 4.79 Å². The smallest absolute Gasteiger partial charge is 0.237 e. The molecule has 98 valence electrons. The van der Waals surface area contributed by atoms with Crippen LogP contribution in [0.15, 0.2) is 24.3 Å². The number of rotatable bonds is 3. The molecule has 1 aliphatic rings. The van der Waals surface area contributed by atoms with Crippen molar-refractivity contribution in [3.63, 3.8) is 0 Å². The van der Waals surface area contributed by atoms with Crippen molar-refractivity contribution in [2.75, 3.05) is 6.54 Å². The second kappa shape index (κ2) is 6.21. The van der Waals surface area contributed by atoms with Gasteiger partial charge in [0.1, 0.15) is 0 Å². The Morgan fingerprint density at radius 1 is 1.50 bits per heavy atom. The van der Waals surface area contributed by atoms with Crippen molar-refractivity contribution in [2.24, 2.45) is 0 Å². The summed E-state index contributed by atoms with van der Waals surface area (Å²) in [6.07, 6.45) is 3.21. The Hall–Kier alpha value is -1.06. The fourth-order valence-corrected chi connectivity index (χ4v) is 2.45. The van der Waals surface area contributed by atoms with E-state index >= 15 is 0 Å². The van der Waals surface area contributed by atoms with Crippen LogP contribution in [0.5, 0.6) is 0 Å². The van der Waals surface area contributed by atoms with Crippen LogP contribution in [0.3, 0.4) is 0 Å². The van der Waals surface area contributed by atoms with Gasteiger partial charge in [0, 0.05) is 5.02 Å². The van der Waals surface area contributed by atoms with Crippen molar-refractivity contribution in [2.45, 2.75) is 38.3 Å². The fraction of sp³-hybridized carbons (Fsp3) is 0.500. The van der Waals surface area contributed by atoms with E-state index in [1.165, 1.54) is 0 Å². The SMILES string of the molecule is CC(NC(=O)[C@H]1CCCCN1)c1cccc(Cl)c1. The molecule has 1 aliphatic heterocycles. The maximum Gasteiger partial charge on any atom is 0.237 e. The van der Waals surface area contributed by atoms with Crippen molar-refractivity contribution in [3.8, 4) is 0 Å². The number of carbonyl (C=O) groups is 1. The van der Waals surface area contributed by atoms with Crippen molar-refractivity contribution < 1.29 is 4.79 Å². The third-order valence-corrected chi connectivity index (χ3v) is 3.57. The number of nitrogens with one attached hydrogen (secondary N) is 2. The van der Waals surface area contributed by atoms with E-state index in [2.05, 4.69) is 10.6 Å². The molecular weight excluding hydrogens is 248 g/mol. The lowest BCUT2D eigenvalue weighted by atomic mass is 10.0. The molecule has 18 heavy (non-hydrogen) atoms. The van der Waals surface area contributed by atoms with E-state index in [-0.39, 0.29) is 18.0 Å². The molecule has 1 aromatic carbocycles. The summed E-state index contributed by atoms with van der Waals surface area (Å²) in [7, 11) is 0.